The predicted molar refractivity (Wildman–Crippen MR) is 153 cm³/mol. The van der Waals surface area contributed by atoms with Crippen molar-refractivity contribution in [3.63, 3.8) is 0 Å². The van der Waals surface area contributed by atoms with Crippen molar-refractivity contribution in [3.05, 3.63) is 100 Å². The molecule has 0 saturated carbocycles. The molecule has 1 unspecified atom stereocenters. The van der Waals surface area contributed by atoms with E-state index in [1.165, 1.54) is 4.90 Å². The van der Waals surface area contributed by atoms with E-state index < -0.39 is 17.7 Å². The number of anilines is 1. The maximum atomic E-state index is 13.5. The Balaban J connectivity index is 1.86. The summed E-state index contributed by atoms with van der Waals surface area (Å²) in [6.45, 7) is 12.9. The van der Waals surface area contributed by atoms with Crippen molar-refractivity contribution in [1.82, 2.24) is 0 Å². The van der Waals surface area contributed by atoms with Gasteiger partial charge in [0.05, 0.1) is 29.9 Å². The minimum absolute atomic E-state index is 0.0168. The summed E-state index contributed by atoms with van der Waals surface area (Å²) in [5, 5.41) is 20.7. The number of aryl methyl sites for hydroxylation is 1. The first-order valence-electron chi connectivity index (χ1n) is 13.1. The van der Waals surface area contributed by atoms with Gasteiger partial charge in [0.2, 0.25) is 0 Å². The Hall–Kier alpha value is -4.37. The van der Waals surface area contributed by atoms with E-state index in [-0.39, 0.29) is 16.7 Å². The molecule has 1 aliphatic heterocycles. The van der Waals surface area contributed by atoms with Crippen LogP contribution in [0.1, 0.15) is 68.5 Å². The number of ether oxygens (including phenoxy) is 1. The maximum Gasteiger partial charge on any atom is 0.300 e. The summed E-state index contributed by atoms with van der Waals surface area (Å²) in [5.41, 5.74) is 3.89. The fourth-order valence-electron chi connectivity index (χ4n) is 4.65. The SMILES string of the molecule is Cc1cc(/C(O)=C2/C(=O)C(=O)N(c3ccc(C#N)cc3)C2c2ccc(C(C)(C)C)cc2)ccc1OCC(C)C. The van der Waals surface area contributed by atoms with Gasteiger partial charge in [0, 0.05) is 11.3 Å². The van der Waals surface area contributed by atoms with E-state index >= 15 is 0 Å². The standard InChI is InChI=1S/C33H34N2O4/c1-20(2)19-39-27-16-11-24(17-21(27)3)30(36)28-29(23-9-12-25(13-10-23)33(4,5)6)35(32(38)31(28)37)26-14-7-22(18-34)8-15-26/h7-17,20,29,36H,19H2,1-6H3/b30-28-. The molecule has 6 heteroatoms. The quantitative estimate of drug-likeness (QED) is 0.218. The third kappa shape index (κ3) is 5.58. The topological polar surface area (TPSA) is 90.6 Å². The first-order valence-corrected chi connectivity index (χ1v) is 13.1. The second kappa shape index (κ2) is 10.8. The van der Waals surface area contributed by atoms with Crippen LogP contribution in [0.5, 0.6) is 5.75 Å². The number of ketones is 1. The number of nitrogens with zero attached hydrogens (tertiary/aromatic N) is 2. The van der Waals surface area contributed by atoms with Gasteiger partial charge in [0.25, 0.3) is 11.7 Å². The van der Waals surface area contributed by atoms with Gasteiger partial charge in [-0.05, 0) is 77.4 Å². The molecule has 1 fully saturated rings. The Bertz CT molecular complexity index is 1470. The van der Waals surface area contributed by atoms with Crippen molar-refractivity contribution in [2.75, 3.05) is 11.5 Å². The Morgan fingerprint density at radius 3 is 2.21 bits per heavy atom. The number of hydrogen-bond donors (Lipinski definition) is 1. The van der Waals surface area contributed by atoms with Crippen LogP contribution in [-0.2, 0) is 15.0 Å². The Kier molecular flexibility index (Phi) is 7.65. The molecule has 0 radical (unpaired) electrons. The van der Waals surface area contributed by atoms with Crippen LogP contribution in [0.4, 0.5) is 5.69 Å². The van der Waals surface area contributed by atoms with Gasteiger partial charge in [0.15, 0.2) is 0 Å². The van der Waals surface area contributed by atoms with E-state index in [2.05, 4.69) is 40.7 Å². The normalized spacial score (nSPS) is 17.0. The lowest BCUT2D eigenvalue weighted by Crippen LogP contribution is -2.29. The number of aliphatic hydroxyl groups excluding tert-OH is 1. The van der Waals surface area contributed by atoms with E-state index in [0.717, 1.165) is 11.1 Å². The van der Waals surface area contributed by atoms with E-state index in [9.17, 15) is 20.0 Å². The predicted octanol–water partition coefficient (Wildman–Crippen LogP) is 6.83. The molecular formula is C33H34N2O4. The number of hydrogen-bond acceptors (Lipinski definition) is 5. The minimum atomic E-state index is -0.843. The van der Waals surface area contributed by atoms with Crippen molar-refractivity contribution in [2.45, 2.75) is 53.0 Å². The molecule has 0 bridgehead atoms. The van der Waals surface area contributed by atoms with Crippen molar-refractivity contribution in [1.29, 1.82) is 5.26 Å². The highest BCUT2D eigenvalue weighted by atomic mass is 16.5. The Labute approximate surface area is 230 Å². The molecule has 1 heterocycles. The zero-order chi connectivity index (χ0) is 28.5. The van der Waals surface area contributed by atoms with Crippen LogP contribution in [0.25, 0.3) is 5.76 Å². The first-order chi connectivity index (χ1) is 18.4. The van der Waals surface area contributed by atoms with Gasteiger partial charge in [-0.3, -0.25) is 14.5 Å². The summed E-state index contributed by atoms with van der Waals surface area (Å²) in [7, 11) is 0. The zero-order valence-electron chi connectivity index (χ0n) is 23.3. The number of rotatable bonds is 6. The lowest BCUT2D eigenvalue weighted by atomic mass is 9.85. The lowest BCUT2D eigenvalue weighted by molar-refractivity contribution is -0.132. The fraction of sp³-hybridized carbons (Fsp3) is 0.303. The molecule has 1 atom stereocenters. The van der Waals surface area contributed by atoms with Crippen molar-refractivity contribution >= 4 is 23.1 Å². The number of amides is 1. The third-order valence-corrected chi connectivity index (χ3v) is 6.83. The zero-order valence-corrected chi connectivity index (χ0v) is 23.3. The highest BCUT2D eigenvalue weighted by Gasteiger charge is 2.47. The van der Waals surface area contributed by atoms with Crippen molar-refractivity contribution < 1.29 is 19.4 Å². The molecule has 1 saturated heterocycles. The van der Waals surface area contributed by atoms with Crippen LogP contribution < -0.4 is 9.64 Å². The molecule has 4 rings (SSSR count). The van der Waals surface area contributed by atoms with Crippen LogP contribution in [0.2, 0.25) is 0 Å². The molecule has 200 valence electrons. The summed E-state index contributed by atoms with van der Waals surface area (Å²) >= 11 is 0. The number of carbonyl (C=O) groups is 2. The van der Waals surface area contributed by atoms with Gasteiger partial charge >= 0.3 is 0 Å². The second-order valence-electron chi connectivity index (χ2n) is 11.4. The lowest BCUT2D eigenvalue weighted by Gasteiger charge is -2.26. The summed E-state index contributed by atoms with van der Waals surface area (Å²) < 4.78 is 5.87. The average molecular weight is 523 g/mol. The van der Waals surface area contributed by atoms with E-state index in [1.807, 2.05) is 31.2 Å². The fourth-order valence-corrected chi connectivity index (χ4v) is 4.65. The van der Waals surface area contributed by atoms with E-state index in [0.29, 0.717) is 40.7 Å². The van der Waals surface area contributed by atoms with Gasteiger partial charge in [-0.1, -0.05) is 58.9 Å². The number of Topliss-reactive ketones (excluding diaryl/α,β-unsaturated/α-hetero) is 1. The first kappa shape index (κ1) is 27.7. The van der Waals surface area contributed by atoms with Crippen molar-refractivity contribution in [3.8, 4) is 11.8 Å². The summed E-state index contributed by atoms with van der Waals surface area (Å²) in [6.07, 6.45) is 0. The van der Waals surface area contributed by atoms with Crippen LogP contribution in [0.3, 0.4) is 0 Å². The summed E-state index contributed by atoms with van der Waals surface area (Å²) in [4.78, 5) is 28.3. The Morgan fingerprint density at radius 1 is 1.03 bits per heavy atom. The van der Waals surface area contributed by atoms with Gasteiger partial charge in [-0.2, -0.15) is 5.26 Å². The van der Waals surface area contributed by atoms with Gasteiger partial charge in [0.1, 0.15) is 11.5 Å². The molecule has 6 nitrogen and oxygen atoms in total. The minimum Gasteiger partial charge on any atom is -0.507 e. The molecule has 3 aromatic rings. The van der Waals surface area contributed by atoms with Gasteiger partial charge in [-0.15, -0.1) is 0 Å². The van der Waals surface area contributed by atoms with Crippen molar-refractivity contribution in [2.24, 2.45) is 5.92 Å². The number of carbonyl (C=O) groups excluding carboxylic acids is 2. The van der Waals surface area contributed by atoms with Crippen LogP contribution in [0, 0.1) is 24.2 Å². The number of nitriles is 1. The molecule has 3 aromatic carbocycles. The van der Waals surface area contributed by atoms with E-state index in [4.69, 9.17) is 4.74 Å². The molecule has 39 heavy (non-hydrogen) atoms. The average Bonchev–Trinajstić information content (AvgIpc) is 3.17. The third-order valence-electron chi connectivity index (χ3n) is 6.83. The monoisotopic (exact) mass is 522 g/mol. The van der Waals surface area contributed by atoms with Crippen LogP contribution in [0.15, 0.2) is 72.3 Å². The second-order valence-corrected chi connectivity index (χ2v) is 11.4. The Morgan fingerprint density at radius 2 is 1.67 bits per heavy atom. The highest BCUT2D eigenvalue weighted by Crippen LogP contribution is 2.43. The van der Waals surface area contributed by atoms with Crippen LogP contribution >= 0.6 is 0 Å². The molecule has 0 spiro atoms. The molecule has 0 aromatic heterocycles. The molecule has 1 aliphatic rings. The summed E-state index contributed by atoms with van der Waals surface area (Å²) in [5.74, 6) is -0.680. The summed E-state index contributed by atoms with van der Waals surface area (Å²) in [6, 6.07) is 20.7. The van der Waals surface area contributed by atoms with E-state index in [1.54, 1.807) is 42.5 Å². The number of benzene rings is 3. The highest BCUT2D eigenvalue weighted by molar-refractivity contribution is 6.51. The molecule has 1 N–H and O–H groups in total. The molecular weight excluding hydrogens is 488 g/mol. The van der Waals surface area contributed by atoms with Gasteiger partial charge in [-0.25, -0.2) is 0 Å². The van der Waals surface area contributed by atoms with Gasteiger partial charge < -0.3 is 9.84 Å². The molecule has 1 amide bonds. The van der Waals surface area contributed by atoms with Crippen LogP contribution in [-0.4, -0.2) is 23.4 Å². The largest absolute Gasteiger partial charge is 0.507 e. The smallest absolute Gasteiger partial charge is 0.300 e. The number of aliphatic hydroxyl groups is 1. The maximum absolute atomic E-state index is 13.5. The molecule has 0 aliphatic carbocycles.